The number of fused-ring (bicyclic) bond motifs is 1. The molecular weight excluding hydrogens is 436 g/mol. The van der Waals surface area contributed by atoms with Crippen LogP contribution in [0.4, 0.5) is 4.79 Å². The van der Waals surface area contributed by atoms with Crippen LogP contribution in [0.2, 0.25) is 0 Å². The zero-order valence-corrected chi connectivity index (χ0v) is 19.2. The molecule has 0 saturated heterocycles. The SMILES string of the molecule is COC(=O)CCC(C#N)(CCC(=O)OC)c1cccc2c1ccn2C(=O)OCc1ccccc1. The number of nitriles is 1. The third-order valence-electron chi connectivity index (χ3n) is 5.83. The monoisotopic (exact) mass is 462 g/mol. The van der Waals surface area contributed by atoms with Crippen LogP contribution in [0.25, 0.3) is 10.9 Å². The Morgan fingerprint density at radius 3 is 2.15 bits per heavy atom. The number of esters is 2. The van der Waals surface area contributed by atoms with Crippen LogP contribution in [0.15, 0.2) is 60.8 Å². The summed E-state index contributed by atoms with van der Waals surface area (Å²) in [7, 11) is 2.57. The van der Waals surface area contributed by atoms with Crippen molar-refractivity contribution in [3.63, 3.8) is 0 Å². The van der Waals surface area contributed by atoms with Gasteiger partial charge in [-0.05, 0) is 36.1 Å². The summed E-state index contributed by atoms with van der Waals surface area (Å²) in [6.07, 6.45) is 1.33. The van der Waals surface area contributed by atoms with Gasteiger partial charge in [0.15, 0.2) is 0 Å². The van der Waals surface area contributed by atoms with Crippen molar-refractivity contribution in [1.29, 1.82) is 5.26 Å². The summed E-state index contributed by atoms with van der Waals surface area (Å²) in [6.45, 7) is 0.124. The first-order valence-corrected chi connectivity index (χ1v) is 10.8. The van der Waals surface area contributed by atoms with E-state index >= 15 is 0 Å². The van der Waals surface area contributed by atoms with E-state index in [1.54, 1.807) is 30.5 Å². The van der Waals surface area contributed by atoms with Crippen molar-refractivity contribution in [2.24, 2.45) is 0 Å². The van der Waals surface area contributed by atoms with E-state index in [1.165, 1.54) is 18.8 Å². The van der Waals surface area contributed by atoms with Gasteiger partial charge < -0.3 is 14.2 Å². The molecule has 0 aliphatic carbocycles. The molecule has 0 spiro atoms. The van der Waals surface area contributed by atoms with E-state index in [1.807, 2.05) is 30.3 Å². The summed E-state index contributed by atoms with van der Waals surface area (Å²) in [6, 6.07) is 18.7. The minimum atomic E-state index is -1.16. The molecule has 0 aliphatic rings. The lowest BCUT2D eigenvalue weighted by atomic mass is 9.73. The number of ether oxygens (including phenoxy) is 3. The number of hydrogen-bond donors (Lipinski definition) is 0. The number of hydrogen-bond acceptors (Lipinski definition) is 7. The van der Waals surface area contributed by atoms with E-state index < -0.39 is 23.4 Å². The van der Waals surface area contributed by atoms with Gasteiger partial charge in [0, 0.05) is 24.4 Å². The van der Waals surface area contributed by atoms with Crippen molar-refractivity contribution >= 4 is 28.9 Å². The predicted octanol–water partition coefficient (Wildman–Crippen LogP) is 4.49. The lowest BCUT2D eigenvalue weighted by Crippen LogP contribution is -2.27. The van der Waals surface area contributed by atoms with E-state index in [2.05, 4.69) is 6.07 Å². The minimum Gasteiger partial charge on any atom is -0.469 e. The third-order valence-corrected chi connectivity index (χ3v) is 5.83. The summed E-state index contributed by atoms with van der Waals surface area (Å²) in [5, 5.41) is 10.9. The zero-order chi connectivity index (χ0) is 24.6. The summed E-state index contributed by atoms with van der Waals surface area (Å²) in [4.78, 5) is 36.5. The van der Waals surface area contributed by atoms with Gasteiger partial charge in [0.1, 0.15) is 6.61 Å². The van der Waals surface area contributed by atoms with Crippen LogP contribution in [0.1, 0.15) is 36.8 Å². The summed E-state index contributed by atoms with van der Waals surface area (Å²) in [5.74, 6) is -0.904. The molecule has 1 aromatic heterocycles. The van der Waals surface area contributed by atoms with Gasteiger partial charge in [0.05, 0.1) is 31.2 Å². The van der Waals surface area contributed by atoms with E-state index in [0.29, 0.717) is 16.5 Å². The van der Waals surface area contributed by atoms with Crippen LogP contribution in [0, 0.1) is 11.3 Å². The first-order valence-electron chi connectivity index (χ1n) is 10.8. The molecule has 176 valence electrons. The van der Waals surface area contributed by atoms with Gasteiger partial charge in [0.2, 0.25) is 0 Å². The molecule has 0 amide bonds. The number of nitrogens with zero attached hydrogens (tertiary/aromatic N) is 2. The fourth-order valence-corrected chi connectivity index (χ4v) is 3.93. The van der Waals surface area contributed by atoms with Crippen molar-refractivity contribution in [3.8, 4) is 6.07 Å². The van der Waals surface area contributed by atoms with Crippen molar-refractivity contribution < 1.29 is 28.6 Å². The van der Waals surface area contributed by atoms with Gasteiger partial charge in [-0.15, -0.1) is 0 Å². The predicted molar refractivity (Wildman–Crippen MR) is 124 cm³/mol. The molecular formula is C26H26N2O6. The molecule has 0 unspecified atom stereocenters. The first-order chi connectivity index (χ1) is 16.4. The second kappa shape index (κ2) is 11.1. The normalized spacial score (nSPS) is 11.0. The van der Waals surface area contributed by atoms with E-state index in [4.69, 9.17) is 14.2 Å². The Hall–Kier alpha value is -4.12. The van der Waals surface area contributed by atoms with Crippen LogP contribution < -0.4 is 0 Å². The van der Waals surface area contributed by atoms with E-state index in [-0.39, 0.29) is 32.3 Å². The molecule has 3 aromatic rings. The maximum atomic E-state index is 12.8. The van der Waals surface area contributed by atoms with Crippen LogP contribution in [0.3, 0.4) is 0 Å². The molecule has 34 heavy (non-hydrogen) atoms. The lowest BCUT2D eigenvalue weighted by Gasteiger charge is -2.27. The highest BCUT2D eigenvalue weighted by Gasteiger charge is 2.35. The molecule has 0 aliphatic heterocycles. The number of rotatable bonds is 9. The molecule has 8 nitrogen and oxygen atoms in total. The lowest BCUT2D eigenvalue weighted by molar-refractivity contribution is -0.141. The van der Waals surface area contributed by atoms with Gasteiger partial charge in [-0.3, -0.25) is 14.2 Å². The number of carbonyl (C=O) groups excluding carboxylic acids is 3. The molecule has 1 heterocycles. The van der Waals surface area contributed by atoms with Gasteiger partial charge in [-0.25, -0.2) is 4.79 Å². The number of methoxy groups -OCH3 is 2. The molecule has 0 radical (unpaired) electrons. The Labute approximate surface area is 197 Å². The summed E-state index contributed by atoms with van der Waals surface area (Å²) in [5.41, 5.74) is 0.880. The van der Waals surface area contributed by atoms with Crippen LogP contribution in [0.5, 0.6) is 0 Å². The van der Waals surface area contributed by atoms with Gasteiger partial charge in [-0.2, -0.15) is 5.26 Å². The third kappa shape index (κ3) is 5.44. The number of aromatic nitrogens is 1. The maximum Gasteiger partial charge on any atom is 0.418 e. The quantitative estimate of drug-likeness (QED) is 0.340. The largest absolute Gasteiger partial charge is 0.469 e. The minimum absolute atomic E-state index is 0.00143. The first kappa shape index (κ1) is 24.5. The highest BCUT2D eigenvalue weighted by Crippen LogP contribution is 2.38. The summed E-state index contributed by atoms with van der Waals surface area (Å²) < 4.78 is 16.3. The number of carbonyl (C=O) groups is 3. The Bertz CT molecular complexity index is 1190. The molecule has 0 fully saturated rings. The Balaban J connectivity index is 1.95. The summed E-state index contributed by atoms with van der Waals surface area (Å²) >= 11 is 0. The second-order valence-corrected chi connectivity index (χ2v) is 7.81. The van der Waals surface area contributed by atoms with Crippen LogP contribution in [-0.2, 0) is 35.8 Å². The van der Waals surface area contributed by atoms with Gasteiger partial charge in [-0.1, -0.05) is 42.5 Å². The van der Waals surface area contributed by atoms with Crippen molar-refractivity contribution in [3.05, 3.63) is 71.9 Å². The average Bonchev–Trinajstić information content (AvgIpc) is 3.32. The van der Waals surface area contributed by atoms with Gasteiger partial charge >= 0.3 is 18.0 Å². The van der Waals surface area contributed by atoms with Crippen molar-refractivity contribution in [2.45, 2.75) is 37.7 Å². The average molecular weight is 463 g/mol. The fourth-order valence-electron chi connectivity index (χ4n) is 3.93. The maximum absolute atomic E-state index is 12.8. The molecule has 2 aromatic carbocycles. The van der Waals surface area contributed by atoms with E-state index in [0.717, 1.165) is 5.56 Å². The van der Waals surface area contributed by atoms with Crippen molar-refractivity contribution in [1.82, 2.24) is 4.57 Å². The smallest absolute Gasteiger partial charge is 0.418 e. The fraction of sp³-hybridized carbons (Fsp3) is 0.308. The Kier molecular flexibility index (Phi) is 8.04. The Morgan fingerprint density at radius 2 is 1.56 bits per heavy atom. The number of benzene rings is 2. The van der Waals surface area contributed by atoms with E-state index in [9.17, 15) is 19.6 Å². The highest BCUT2D eigenvalue weighted by molar-refractivity contribution is 5.92. The molecule has 0 saturated carbocycles. The molecule has 8 heteroatoms. The second-order valence-electron chi connectivity index (χ2n) is 7.81. The molecule has 0 N–H and O–H groups in total. The molecule has 0 atom stereocenters. The van der Waals surface area contributed by atoms with Gasteiger partial charge in [0.25, 0.3) is 0 Å². The standard InChI is InChI=1S/C26H26N2O6/c1-32-23(29)11-14-26(18-27,15-12-24(30)33-2)21-9-6-10-22-20(21)13-16-28(22)25(31)34-17-19-7-4-3-5-8-19/h3-10,13,16H,11-12,14-15,17H2,1-2H3. The van der Waals surface area contributed by atoms with Crippen LogP contribution in [-0.4, -0.2) is 36.8 Å². The van der Waals surface area contributed by atoms with Crippen LogP contribution >= 0.6 is 0 Å². The van der Waals surface area contributed by atoms with Crippen molar-refractivity contribution in [2.75, 3.05) is 14.2 Å². The zero-order valence-electron chi connectivity index (χ0n) is 19.2. The Morgan fingerprint density at radius 1 is 0.912 bits per heavy atom. The molecule has 0 bridgehead atoms. The highest BCUT2D eigenvalue weighted by atomic mass is 16.5. The molecule has 3 rings (SSSR count). The topological polar surface area (TPSA) is 108 Å².